The van der Waals surface area contributed by atoms with E-state index in [9.17, 15) is 0 Å². The van der Waals surface area contributed by atoms with Crippen LogP contribution in [-0.2, 0) is 15.7 Å². The molecular formula is C14H22BNO2. The van der Waals surface area contributed by atoms with Crippen molar-refractivity contribution in [3.8, 4) is 0 Å². The standard InChI is InChI=1S/C14H22BNO2/c1-6-7-11-8-9-12(16-10-11)15-17-13(2,3)14(4,5)18-15/h8-10H,6-7H2,1-5H3/i1D3,6D2,7D2,8D,9D,10D. The van der Waals surface area contributed by atoms with Crippen molar-refractivity contribution < 1.29 is 23.0 Å². The third kappa shape index (κ3) is 2.45. The zero-order chi connectivity index (χ0) is 22.1. The van der Waals surface area contributed by atoms with E-state index in [4.69, 9.17) is 23.0 Å². The molecular weight excluding hydrogens is 225 g/mol. The van der Waals surface area contributed by atoms with Gasteiger partial charge in [-0.1, -0.05) is 19.3 Å². The molecule has 0 bridgehead atoms. The van der Waals surface area contributed by atoms with Crippen LogP contribution in [0.25, 0.3) is 0 Å². The lowest BCUT2D eigenvalue weighted by atomic mass is 9.84. The van der Waals surface area contributed by atoms with Gasteiger partial charge in [0, 0.05) is 15.8 Å². The van der Waals surface area contributed by atoms with Crippen molar-refractivity contribution in [3.05, 3.63) is 23.8 Å². The molecule has 4 heteroatoms. The van der Waals surface area contributed by atoms with Crippen LogP contribution in [0.4, 0.5) is 0 Å². The SMILES string of the molecule is [2H]c1nc(B2OC(C)(C)C(C)(C)O2)c([2H])c([2H])c1C([2H])([2H])C([2H])([2H])C([2H])([2H])[2H]. The second kappa shape index (κ2) is 4.67. The van der Waals surface area contributed by atoms with Gasteiger partial charge >= 0.3 is 7.12 Å². The van der Waals surface area contributed by atoms with E-state index in [-0.39, 0.29) is 5.59 Å². The molecule has 0 radical (unpaired) electrons. The molecule has 98 valence electrons. The molecule has 0 unspecified atom stereocenters. The van der Waals surface area contributed by atoms with Crippen LogP contribution in [0.2, 0.25) is 0 Å². The molecule has 1 saturated heterocycles. The zero-order valence-corrected chi connectivity index (χ0v) is 10.8. The Morgan fingerprint density at radius 3 is 2.61 bits per heavy atom. The average molecular weight is 257 g/mol. The van der Waals surface area contributed by atoms with Crippen LogP contribution >= 0.6 is 0 Å². The number of nitrogens with zero attached hydrogens (tertiary/aromatic N) is 1. The lowest BCUT2D eigenvalue weighted by Crippen LogP contribution is -2.41. The third-order valence-corrected chi connectivity index (χ3v) is 3.27. The van der Waals surface area contributed by atoms with Gasteiger partial charge in [-0.2, -0.15) is 0 Å². The molecule has 1 fully saturated rings. The van der Waals surface area contributed by atoms with Gasteiger partial charge in [0.1, 0.15) is 0 Å². The van der Waals surface area contributed by atoms with Crippen LogP contribution in [0.1, 0.15) is 60.2 Å². The van der Waals surface area contributed by atoms with Gasteiger partial charge in [0.2, 0.25) is 0 Å². The van der Waals surface area contributed by atoms with Gasteiger partial charge in [-0.25, -0.2) is 0 Å². The number of aromatic nitrogens is 1. The molecule has 18 heavy (non-hydrogen) atoms. The van der Waals surface area contributed by atoms with Crippen molar-refractivity contribution in [1.82, 2.24) is 4.98 Å². The van der Waals surface area contributed by atoms with Crippen LogP contribution in [0.15, 0.2) is 18.3 Å². The van der Waals surface area contributed by atoms with Crippen LogP contribution < -0.4 is 5.59 Å². The van der Waals surface area contributed by atoms with Crippen molar-refractivity contribution in [3.63, 3.8) is 0 Å². The molecule has 1 aliphatic rings. The summed E-state index contributed by atoms with van der Waals surface area (Å²) < 4.78 is 89.2. The predicted octanol–water partition coefficient (Wildman–Crippen LogP) is 2.33. The Morgan fingerprint density at radius 2 is 2.00 bits per heavy atom. The number of rotatable bonds is 3. The van der Waals surface area contributed by atoms with Gasteiger partial charge < -0.3 is 9.31 Å². The highest BCUT2D eigenvalue weighted by Crippen LogP contribution is 2.36. The summed E-state index contributed by atoms with van der Waals surface area (Å²) in [6, 6.07) is -1.45. The molecule has 0 saturated carbocycles. The Labute approximate surface area is 124 Å². The minimum atomic E-state index is -3.41. The smallest absolute Gasteiger partial charge is 0.398 e. The van der Waals surface area contributed by atoms with E-state index in [1.807, 2.05) is 0 Å². The number of pyridine rings is 1. The second-order valence-corrected chi connectivity index (χ2v) is 5.07. The van der Waals surface area contributed by atoms with E-state index in [0.29, 0.717) is 0 Å². The predicted molar refractivity (Wildman–Crippen MR) is 73.9 cm³/mol. The molecule has 1 aliphatic heterocycles. The quantitative estimate of drug-likeness (QED) is 0.779. The fourth-order valence-electron chi connectivity index (χ4n) is 1.49. The highest BCUT2D eigenvalue weighted by atomic mass is 16.7. The van der Waals surface area contributed by atoms with Gasteiger partial charge in [-0.05, 0) is 45.7 Å². The van der Waals surface area contributed by atoms with Crippen molar-refractivity contribution in [2.24, 2.45) is 0 Å². The van der Waals surface area contributed by atoms with Gasteiger partial charge in [-0.3, -0.25) is 4.98 Å². The van der Waals surface area contributed by atoms with E-state index in [1.54, 1.807) is 27.7 Å². The molecule has 1 aromatic rings. The Hall–Kier alpha value is -0.865. The summed E-state index contributed by atoms with van der Waals surface area (Å²) in [5, 5.41) is 0. The van der Waals surface area contributed by atoms with E-state index in [0.717, 1.165) is 0 Å². The van der Waals surface area contributed by atoms with E-state index < -0.39 is 61.7 Å². The molecule has 0 N–H and O–H groups in total. The molecule has 0 amide bonds. The lowest BCUT2D eigenvalue weighted by molar-refractivity contribution is 0.00578. The van der Waals surface area contributed by atoms with Crippen LogP contribution in [0.3, 0.4) is 0 Å². The normalized spacial score (nSPS) is 31.7. The largest absolute Gasteiger partial charge is 0.514 e. The first kappa shape index (κ1) is 5.64. The molecule has 3 nitrogen and oxygen atoms in total. The molecule has 2 heterocycles. The summed E-state index contributed by atoms with van der Waals surface area (Å²) in [6.07, 6.45) is -7.52. The summed E-state index contributed by atoms with van der Waals surface area (Å²) in [4.78, 5) is 3.83. The van der Waals surface area contributed by atoms with Gasteiger partial charge in [0.25, 0.3) is 0 Å². The maximum atomic E-state index is 8.17. The van der Waals surface area contributed by atoms with Crippen molar-refractivity contribution >= 4 is 12.7 Å². The second-order valence-electron chi connectivity index (χ2n) is 5.07. The number of hydrogen-bond donors (Lipinski definition) is 0. The maximum Gasteiger partial charge on any atom is 0.514 e. The Bertz CT molecular complexity index is 777. The minimum absolute atomic E-state index is 0.220. The van der Waals surface area contributed by atoms with Gasteiger partial charge in [0.15, 0.2) is 0 Å². The molecule has 2 rings (SSSR count). The lowest BCUT2D eigenvalue weighted by Gasteiger charge is -2.32. The minimum Gasteiger partial charge on any atom is -0.398 e. The Morgan fingerprint density at radius 1 is 1.33 bits per heavy atom. The molecule has 0 spiro atoms. The van der Waals surface area contributed by atoms with Gasteiger partial charge in [-0.15, -0.1) is 0 Å². The molecule has 0 aliphatic carbocycles. The van der Waals surface area contributed by atoms with Crippen LogP contribution in [0, 0.1) is 0 Å². The van der Waals surface area contributed by atoms with Crippen LogP contribution in [0.5, 0.6) is 0 Å². The molecule has 0 aromatic carbocycles. The van der Waals surface area contributed by atoms with Crippen molar-refractivity contribution in [2.75, 3.05) is 0 Å². The van der Waals surface area contributed by atoms with Gasteiger partial charge in [0.05, 0.1) is 20.9 Å². The summed E-state index contributed by atoms with van der Waals surface area (Å²) in [7, 11) is -1.18. The molecule has 0 atom stereocenters. The highest BCUT2D eigenvalue weighted by molar-refractivity contribution is 6.61. The monoisotopic (exact) mass is 257 g/mol. The van der Waals surface area contributed by atoms with Crippen LogP contribution in [-0.4, -0.2) is 23.3 Å². The Kier molecular flexibility index (Phi) is 1.46. The van der Waals surface area contributed by atoms with E-state index >= 15 is 0 Å². The Balaban J connectivity index is 2.61. The zero-order valence-electron chi connectivity index (χ0n) is 20.8. The molecule has 1 aromatic heterocycles. The summed E-state index contributed by atoms with van der Waals surface area (Å²) >= 11 is 0. The maximum absolute atomic E-state index is 8.17. The van der Waals surface area contributed by atoms with Crippen molar-refractivity contribution in [2.45, 2.75) is 58.5 Å². The fraction of sp³-hybridized carbons (Fsp3) is 0.643. The summed E-state index contributed by atoms with van der Waals surface area (Å²) in [5.41, 5.74) is -2.67. The van der Waals surface area contributed by atoms with E-state index in [1.165, 1.54) is 0 Å². The first-order valence-corrected chi connectivity index (χ1v) is 5.62. The van der Waals surface area contributed by atoms with Crippen molar-refractivity contribution in [1.29, 1.82) is 0 Å². The van der Waals surface area contributed by atoms with E-state index in [2.05, 4.69) is 4.98 Å². The number of hydrogen-bond acceptors (Lipinski definition) is 3. The summed E-state index contributed by atoms with van der Waals surface area (Å²) in [5.74, 6) is 0. The average Bonchev–Trinajstić information content (AvgIpc) is 2.69. The first-order valence-electron chi connectivity index (χ1n) is 10.6. The topological polar surface area (TPSA) is 31.4 Å². The summed E-state index contributed by atoms with van der Waals surface area (Å²) in [6.45, 7) is 3.69. The third-order valence-electron chi connectivity index (χ3n) is 3.27. The first-order chi connectivity index (χ1) is 12.3. The highest BCUT2D eigenvalue weighted by Gasteiger charge is 2.52. The fourth-order valence-corrected chi connectivity index (χ4v) is 1.49.